The van der Waals surface area contributed by atoms with Crippen molar-refractivity contribution >= 4 is 0 Å². The molecule has 3 unspecified atom stereocenters. The summed E-state index contributed by atoms with van der Waals surface area (Å²) in [6.45, 7) is 13.7. The Balaban J connectivity index is 4.97. The van der Waals surface area contributed by atoms with Crippen molar-refractivity contribution in [2.45, 2.75) is 219 Å². The molecule has 0 heterocycles. The lowest BCUT2D eigenvalue weighted by Gasteiger charge is -2.31. The molecule has 0 aliphatic rings. The topological polar surface area (TPSA) is 105 Å². The highest BCUT2D eigenvalue weighted by Gasteiger charge is 2.19. The van der Waals surface area contributed by atoms with Gasteiger partial charge in [-0.3, -0.25) is 9.80 Å². The number of unbranched alkanes of at least 4 members (excludes halogenated alkanes) is 21. The van der Waals surface area contributed by atoms with Crippen LogP contribution < -0.4 is 11.1 Å². The maximum Gasteiger partial charge on any atom is 0.0667 e. The Morgan fingerprint density at radius 2 is 0.720 bits per heavy atom. The van der Waals surface area contributed by atoms with Gasteiger partial charge in [-0.25, -0.2) is 0 Å². The largest absolute Gasteiger partial charge is 0.392 e. The van der Waals surface area contributed by atoms with Crippen molar-refractivity contribution in [1.29, 1.82) is 0 Å². The van der Waals surface area contributed by atoms with Crippen LogP contribution in [0.5, 0.6) is 0 Å². The van der Waals surface area contributed by atoms with Crippen LogP contribution in [-0.2, 0) is 0 Å². The summed E-state index contributed by atoms with van der Waals surface area (Å²) < 4.78 is 0. The first kappa shape index (κ1) is 49.7. The highest BCUT2D eigenvalue weighted by molar-refractivity contribution is 4.74. The van der Waals surface area contributed by atoms with E-state index in [0.717, 1.165) is 77.7 Å². The number of nitrogens with one attached hydrogen (secondary N) is 1. The zero-order valence-corrected chi connectivity index (χ0v) is 34.2. The van der Waals surface area contributed by atoms with E-state index < -0.39 is 0 Å². The van der Waals surface area contributed by atoms with Crippen molar-refractivity contribution in [2.75, 3.05) is 58.9 Å². The van der Waals surface area contributed by atoms with Gasteiger partial charge < -0.3 is 26.4 Å². The van der Waals surface area contributed by atoms with Crippen LogP contribution in [0.2, 0.25) is 0 Å². The zero-order chi connectivity index (χ0) is 36.8. The van der Waals surface area contributed by atoms with Crippen LogP contribution in [-0.4, -0.2) is 102 Å². The summed E-state index contributed by atoms with van der Waals surface area (Å²) >= 11 is 0. The molecular weight excluding hydrogens is 620 g/mol. The summed E-state index contributed by atoms with van der Waals surface area (Å²) in [6.07, 6.45) is 33.2. The standard InChI is InChI=1S/C43H92N4O3/c1-4-7-10-13-16-19-22-25-29-41(48)38-46(35-28-33-45-34-32-44)36-37-47(39-42(49)30-26-23-20-17-14-11-8-5-2)40-43(50)31-27-24-21-18-15-12-9-6-3/h41-43,45,48-50H,4-40,44H2,1-3H3. The molecule has 302 valence electrons. The first-order valence-corrected chi connectivity index (χ1v) is 22.4. The lowest BCUT2D eigenvalue weighted by atomic mass is 10.0. The van der Waals surface area contributed by atoms with Crippen LogP contribution in [0.15, 0.2) is 0 Å². The third kappa shape index (κ3) is 36.1. The van der Waals surface area contributed by atoms with E-state index in [2.05, 4.69) is 35.9 Å². The molecule has 3 atom stereocenters. The SMILES string of the molecule is CCCCCCCCCCC(O)CN(CCCNCCN)CCN(CC(O)CCCCCCCCCC)CC(O)CCCCCCCCCC. The third-order valence-electron chi connectivity index (χ3n) is 10.5. The Morgan fingerprint density at radius 1 is 0.400 bits per heavy atom. The minimum atomic E-state index is -0.355. The van der Waals surface area contributed by atoms with E-state index >= 15 is 0 Å². The molecule has 7 nitrogen and oxygen atoms in total. The van der Waals surface area contributed by atoms with Gasteiger partial charge in [0.15, 0.2) is 0 Å². The van der Waals surface area contributed by atoms with Gasteiger partial charge in [0.25, 0.3) is 0 Å². The molecule has 0 radical (unpaired) electrons. The number of nitrogens with two attached hydrogens (primary N) is 1. The minimum Gasteiger partial charge on any atom is -0.392 e. The van der Waals surface area contributed by atoms with E-state index in [1.807, 2.05) is 0 Å². The van der Waals surface area contributed by atoms with Crippen LogP contribution in [0.3, 0.4) is 0 Å². The van der Waals surface area contributed by atoms with Gasteiger partial charge in [-0.15, -0.1) is 0 Å². The van der Waals surface area contributed by atoms with E-state index in [1.165, 1.54) is 135 Å². The molecule has 0 amide bonds. The second kappa shape index (κ2) is 39.9. The smallest absolute Gasteiger partial charge is 0.0667 e. The third-order valence-corrected chi connectivity index (χ3v) is 10.5. The summed E-state index contributed by atoms with van der Waals surface area (Å²) in [5.74, 6) is 0. The Bertz CT molecular complexity index is 615. The molecule has 0 aromatic rings. The average Bonchev–Trinajstić information content (AvgIpc) is 3.10. The predicted molar refractivity (Wildman–Crippen MR) is 219 cm³/mol. The molecule has 0 aliphatic heterocycles. The van der Waals surface area contributed by atoms with E-state index in [4.69, 9.17) is 5.73 Å². The molecule has 0 aromatic heterocycles. The van der Waals surface area contributed by atoms with Gasteiger partial charge in [0.1, 0.15) is 0 Å². The molecule has 6 N–H and O–H groups in total. The van der Waals surface area contributed by atoms with Gasteiger partial charge in [0.05, 0.1) is 18.3 Å². The molecular formula is C43H92N4O3. The molecule has 0 saturated heterocycles. The summed E-state index contributed by atoms with van der Waals surface area (Å²) in [7, 11) is 0. The minimum absolute atomic E-state index is 0.305. The number of hydrogen-bond donors (Lipinski definition) is 5. The number of rotatable bonds is 42. The van der Waals surface area contributed by atoms with Crippen LogP contribution in [0, 0.1) is 0 Å². The summed E-state index contributed by atoms with van der Waals surface area (Å²) in [6, 6.07) is 0. The fraction of sp³-hybridized carbons (Fsp3) is 1.00. The quantitative estimate of drug-likeness (QED) is 0.0402. The lowest BCUT2D eigenvalue weighted by molar-refractivity contribution is 0.0480. The molecule has 0 aromatic carbocycles. The Kier molecular flexibility index (Phi) is 39.7. The highest BCUT2D eigenvalue weighted by atomic mass is 16.3. The van der Waals surface area contributed by atoms with Gasteiger partial charge >= 0.3 is 0 Å². The summed E-state index contributed by atoms with van der Waals surface area (Å²) in [4.78, 5) is 4.73. The Labute approximate surface area is 313 Å². The highest BCUT2D eigenvalue weighted by Crippen LogP contribution is 2.15. The van der Waals surface area contributed by atoms with Crippen molar-refractivity contribution in [3.05, 3.63) is 0 Å². The normalized spacial score (nSPS) is 13.9. The fourth-order valence-electron chi connectivity index (χ4n) is 7.20. The van der Waals surface area contributed by atoms with Crippen molar-refractivity contribution < 1.29 is 15.3 Å². The maximum atomic E-state index is 11.1. The fourth-order valence-corrected chi connectivity index (χ4v) is 7.20. The molecule has 50 heavy (non-hydrogen) atoms. The van der Waals surface area contributed by atoms with Crippen LogP contribution in [0.1, 0.15) is 201 Å². The second-order valence-corrected chi connectivity index (χ2v) is 15.7. The first-order valence-electron chi connectivity index (χ1n) is 22.4. The molecule has 0 fully saturated rings. The summed E-state index contributed by atoms with van der Waals surface area (Å²) in [5, 5.41) is 36.6. The van der Waals surface area contributed by atoms with Crippen LogP contribution in [0.25, 0.3) is 0 Å². The number of nitrogens with zero attached hydrogens (tertiary/aromatic N) is 2. The Morgan fingerprint density at radius 3 is 1.08 bits per heavy atom. The van der Waals surface area contributed by atoms with E-state index in [9.17, 15) is 15.3 Å². The van der Waals surface area contributed by atoms with E-state index in [-0.39, 0.29) is 18.3 Å². The molecule has 0 spiro atoms. The zero-order valence-electron chi connectivity index (χ0n) is 34.2. The Hall–Kier alpha value is -0.280. The van der Waals surface area contributed by atoms with Crippen LogP contribution >= 0.6 is 0 Å². The van der Waals surface area contributed by atoms with Crippen LogP contribution in [0.4, 0.5) is 0 Å². The molecule has 7 heteroatoms. The van der Waals surface area contributed by atoms with E-state index in [1.54, 1.807) is 0 Å². The van der Waals surface area contributed by atoms with Gasteiger partial charge in [0, 0.05) is 45.8 Å². The molecule has 0 rings (SSSR count). The lowest BCUT2D eigenvalue weighted by Crippen LogP contribution is -2.44. The summed E-state index contributed by atoms with van der Waals surface area (Å²) in [5.41, 5.74) is 5.68. The first-order chi connectivity index (χ1) is 24.5. The average molecular weight is 713 g/mol. The van der Waals surface area contributed by atoms with Crippen molar-refractivity contribution in [1.82, 2.24) is 15.1 Å². The maximum absolute atomic E-state index is 11.1. The van der Waals surface area contributed by atoms with Gasteiger partial charge in [-0.2, -0.15) is 0 Å². The van der Waals surface area contributed by atoms with Crippen molar-refractivity contribution in [3.8, 4) is 0 Å². The van der Waals surface area contributed by atoms with Crippen molar-refractivity contribution in [3.63, 3.8) is 0 Å². The number of hydrogen-bond acceptors (Lipinski definition) is 7. The molecule has 0 saturated carbocycles. The van der Waals surface area contributed by atoms with Gasteiger partial charge in [-0.1, -0.05) is 175 Å². The van der Waals surface area contributed by atoms with Gasteiger partial charge in [-0.05, 0) is 38.8 Å². The predicted octanol–water partition coefficient (Wildman–Crippen LogP) is 9.20. The number of aliphatic hydroxyl groups is 3. The second-order valence-electron chi connectivity index (χ2n) is 15.7. The molecule has 0 bridgehead atoms. The number of aliphatic hydroxyl groups excluding tert-OH is 3. The van der Waals surface area contributed by atoms with Crippen molar-refractivity contribution in [2.24, 2.45) is 5.73 Å². The molecule has 0 aliphatic carbocycles. The van der Waals surface area contributed by atoms with Gasteiger partial charge in [0.2, 0.25) is 0 Å². The monoisotopic (exact) mass is 713 g/mol. The van der Waals surface area contributed by atoms with E-state index in [0.29, 0.717) is 26.2 Å².